The molecule has 0 heterocycles. The maximum Gasteiger partial charge on any atom is 0.251 e. The van der Waals surface area contributed by atoms with Crippen LogP contribution in [0.1, 0.15) is 29.8 Å². The van der Waals surface area contributed by atoms with Crippen LogP contribution in [0.15, 0.2) is 54.6 Å². The first-order valence-corrected chi connectivity index (χ1v) is 7.54. The highest BCUT2D eigenvalue weighted by molar-refractivity contribution is 6.30. The summed E-state index contributed by atoms with van der Waals surface area (Å²) < 4.78 is 5.70. The summed E-state index contributed by atoms with van der Waals surface area (Å²) in [5.41, 5.74) is 1.24. The van der Waals surface area contributed by atoms with E-state index in [-0.39, 0.29) is 5.91 Å². The Morgan fingerprint density at radius 2 is 1.73 bits per heavy atom. The number of hydrogen-bond acceptors (Lipinski definition) is 2. The van der Waals surface area contributed by atoms with Gasteiger partial charge in [-0.2, -0.15) is 0 Å². The van der Waals surface area contributed by atoms with Gasteiger partial charge in [-0.15, -0.1) is 0 Å². The number of benzene rings is 2. The van der Waals surface area contributed by atoms with Crippen LogP contribution in [0.2, 0.25) is 5.02 Å². The fourth-order valence-corrected chi connectivity index (χ4v) is 2.14. The van der Waals surface area contributed by atoms with Gasteiger partial charge in [0.1, 0.15) is 0 Å². The quantitative estimate of drug-likeness (QED) is 0.872. The molecule has 0 aliphatic carbocycles. The van der Waals surface area contributed by atoms with E-state index in [4.69, 9.17) is 16.3 Å². The van der Waals surface area contributed by atoms with Gasteiger partial charge in [0.15, 0.2) is 0 Å². The van der Waals surface area contributed by atoms with Gasteiger partial charge < -0.3 is 10.1 Å². The summed E-state index contributed by atoms with van der Waals surface area (Å²) in [5.74, 6) is -0.134. The molecule has 0 bridgehead atoms. The minimum absolute atomic E-state index is 0.134. The van der Waals surface area contributed by atoms with E-state index in [0.717, 1.165) is 5.56 Å². The Morgan fingerprint density at radius 1 is 1.09 bits per heavy atom. The molecule has 22 heavy (non-hydrogen) atoms. The zero-order valence-corrected chi connectivity index (χ0v) is 13.6. The summed E-state index contributed by atoms with van der Waals surface area (Å²) in [6, 6.07) is 16.8. The van der Waals surface area contributed by atoms with E-state index < -0.39 is 5.54 Å². The molecule has 0 unspecified atom stereocenters. The minimum Gasteiger partial charge on any atom is -0.374 e. The van der Waals surface area contributed by atoms with Gasteiger partial charge in [0.2, 0.25) is 0 Å². The smallest absolute Gasteiger partial charge is 0.251 e. The largest absolute Gasteiger partial charge is 0.374 e. The third-order valence-electron chi connectivity index (χ3n) is 3.13. The van der Waals surface area contributed by atoms with Crippen LogP contribution in [0.3, 0.4) is 0 Å². The summed E-state index contributed by atoms with van der Waals surface area (Å²) in [5, 5.41) is 3.58. The fourth-order valence-electron chi connectivity index (χ4n) is 2.02. The Balaban J connectivity index is 1.85. The molecule has 0 aromatic heterocycles. The van der Waals surface area contributed by atoms with E-state index in [1.165, 1.54) is 0 Å². The third kappa shape index (κ3) is 5.17. The van der Waals surface area contributed by atoms with Crippen molar-refractivity contribution in [3.63, 3.8) is 0 Å². The van der Waals surface area contributed by atoms with Gasteiger partial charge in [0.05, 0.1) is 18.8 Å². The zero-order valence-electron chi connectivity index (χ0n) is 12.8. The Hall–Kier alpha value is -1.84. The number of carbonyl (C=O) groups excluding carboxylic acids is 1. The summed E-state index contributed by atoms with van der Waals surface area (Å²) in [7, 11) is 0. The van der Waals surface area contributed by atoms with Gasteiger partial charge in [0, 0.05) is 10.6 Å². The molecule has 0 saturated carbocycles. The molecule has 1 amide bonds. The maximum atomic E-state index is 12.2. The number of ether oxygens (including phenoxy) is 1. The summed E-state index contributed by atoms with van der Waals surface area (Å²) in [4.78, 5) is 12.2. The Kier molecular flexibility index (Phi) is 5.58. The van der Waals surface area contributed by atoms with Gasteiger partial charge in [-0.3, -0.25) is 4.79 Å². The first-order valence-electron chi connectivity index (χ1n) is 7.16. The third-order valence-corrected chi connectivity index (χ3v) is 3.38. The molecule has 2 aromatic rings. The molecule has 0 atom stereocenters. The number of carbonyl (C=O) groups is 1. The van der Waals surface area contributed by atoms with Crippen LogP contribution in [0.5, 0.6) is 0 Å². The molecule has 2 rings (SSSR count). The molecular formula is C18H20ClNO2. The van der Waals surface area contributed by atoms with Crippen molar-refractivity contribution in [3.8, 4) is 0 Å². The highest BCUT2D eigenvalue weighted by Gasteiger charge is 2.21. The number of nitrogens with one attached hydrogen (secondary N) is 1. The first kappa shape index (κ1) is 16.5. The van der Waals surface area contributed by atoms with Gasteiger partial charge in [-0.25, -0.2) is 0 Å². The monoisotopic (exact) mass is 317 g/mol. The van der Waals surface area contributed by atoms with Crippen molar-refractivity contribution in [2.45, 2.75) is 26.0 Å². The molecule has 0 fully saturated rings. The van der Waals surface area contributed by atoms with Crippen molar-refractivity contribution in [2.24, 2.45) is 0 Å². The second-order valence-electron chi connectivity index (χ2n) is 5.82. The second-order valence-corrected chi connectivity index (χ2v) is 6.26. The molecule has 0 radical (unpaired) electrons. The van der Waals surface area contributed by atoms with Crippen LogP contribution < -0.4 is 5.32 Å². The SMILES string of the molecule is CC(C)(COCc1ccccc1)NC(=O)c1ccc(Cl)cc1. The molecule has 2 aromatic carbocycles. The van der Waals surface area contributed by atoms with Crippen molar-refractivity contribution in [1.29, 1.82) is 0 Å². The highest BCUT2D eigenvalue weighted by atomic mass is 35.5. The second kappa shape index (κ2) is 7.43. The molecule has 0 aliphatic rings. The van der Waals surface area contributed by atoms with E-state index in [2.05, 4.69) is 5.32 Å². The Morgan fingerprint density at radius 3 is 2.36 bits per heavy atom. The number of rotatable bonds is 6. The Bertz CT molecular complexity index is 609. The van der Waals surface area contributed by atoms with Gasteiger partial charge >= 0.3 is 0 Å². The average Bonchev–Trinajstić information content (AvgIpc) is 2.48. The van der Waals surface area contributed by atoms with Crippen molar-refractivity contribution >= 4 is 17.5 Å². The van der Waals surface area contributed by atoms with E-state index >= 15 is 0 Å². The lowest BCUT2D eigenvalue weighted by atomic mass is 10.1. The summed E-state index contributed by atoms with van der Waals surface area (Å²) >= 11 is 5.82. The predicted molar refractivity (Wildman–Crippen MR) is 89.1 cm³/mol. The van der Waals surface area contributed by atoms with Gasteiger partial charge in [-0.05, 0) is 43.7 Å². The van der Waals surface area contributed by atoms with Crippen LogP contribution in [0.25, 0.3) is 0 Å². The molecule has 0 saturated heterocycles. The zero-order chi connectivity index (χ0) is 16.0. The van der Waals surface area contributed by atoms with E-state index in [9.17, 15) is 4.79 Å². The van der Waals surface area contributed by atoms with Crippen LogP contribution in [-0.4, -0.2) is 18.1 Å². The molecular weight excluding hydrogens is 298 g/mol. The topological polar surface area (TPSA) is 38.3 Å². The lowest BCUT2D eigenvalue weighted by Gasteiger charge is -2.26. The molecule has 116 valence electrons. The lowest BCUT2D eigenvalue weighted by Crippen LogP contribution is -2.47. The maximum absolute atomic E-state index is 12.2. The van der Waals surface area contributed by atoms with E-state index in [1.807, 2.05) is 44.2 Å². The van der Waals surface area contributed by atoms with Crippen LogP contribution in [0.4, 0.5) is 0 Å². The highest BCUT2D eigenvalue weighted by Crippen LogP contribution is 2.12. The normalized spacial score (nSPS) is 11.2. The predicted octanol–water partition coefficient (Wildman–Crippen LogP) is 4.07. The fraction of sp³-hybridized carbons (Fsp3) is 0.278. The van der Waals surface area contributed by atoms with Crippen LogP contribution in [0, 0.1) is 0 Å². The minimum atomic E-state index is -0.453. The van der Waals surface area contributed by atoms with Crippen molar-refractivity contribution < 1.29 is 9.53 Å². The van der Waals surface area contributed by atoms with Crippen LogP contribution >= 0.6 is 11.6 Å². The van der Waals surface area contributed by atoms with Crippen LogP contribution in [-0.2, 0) is 11.3 Å². The van der Waals surface area contributed by atoms with Crippen molar-refractivity contribution in [1.82, 2.24) is 5.32 Å². The van der Waals surface area contributed by atoms with Gasteiger partial charge in [-0.1, -0.05) is 41.9 Å². The Labute approximate surface area is 136 Å². The standard InChI is InChI=1S/C18H20ClNO2/c1-18(2,13-22-12-14-6-4-3-5-7-14)20-17(21)15-8-10-16(19)11-9-15/h3-11H,12-13H2,1-2H3,(H,20,21). The van der Waals surface area contributed by atoms with Crippen molar-refractivity contribution in [2.75, 3.05) is 6.61 Å². The van der Waals surface area contributed by atoms with E-state index in [0.29, 0.717) is 23.8 Å². The molecule has 0 aliphatic heterocycles. The summed E-state index contributed by atoms with van der Waals surface area (Å²) in [6.07, 6.45) is 0. The van der Waals surface area contributed by atoms with Crippen molar-refractivity contribution in [3.05, 3.63) is 70.7 Å². The first-order chi connectivity index (χ1) is 10.5. The summed E-state index contributed by atoms with van der Waals surface area (Å²) in [6.45, 7) is 4.83. The number of hydrogen-bond donors (Lipinski definition) is 1. The number of amides is 1. The molecule has 4 heteroatoms. The molecule has 1 N–H and O–H groups in total. The van der Waals surface area contributed by atoms with Gasteiger partial charge in [0.25, 0.3) is 5.91 Å². The lowest BCUT2D eigenvalue weighted by molar-refractivity contribution is 0.0617. The molecule has 3 nitrogen and oxygen atoms in total. The average molecular weight is 318 g/mol. The van der Waals surface area contributed by atoms with E-state index in [1.54, 1.807) is 24.3 Å². The number of halogens is 1. The molecule has 0 spiro atoms.